The molecule has 0 saturated heterocycles. The molecule has 0 aromatic rings. The summed E-state index contributed by atoms with van der Waals surface area (Å²) in [6, 6.07) is 0. The van der Waals surface area contributed by atoms with Crippen molar-refractivity contribution in [3.63, 3.8) is 0 Å². The van der Waals surface area contributed by atoms with Gasteiger partial charge in [-0.1, -0.05) is 0 Å². The highest BCUT2D eigenvalue weighted by Gasteiger charge is 2.06. The van der Waals surface area contributed by atoms with Gasteiger partial charge in [-0.15, -0.1) is 0 Å². The lowest BCUT2D eigenvalue weighted by Gasteiger charge is -2.17. The number of nitrogens with one attached hydrogen (secondary N) is 2. The molecule has 0 aromatic carbocycles. The molecule has 0 rings (SSSR count). The van der Waals surface area contributed by atoms with Crippen LogP contribution in [0.15, 0.2) is 0 Å². The molecule has 0 aromatic heterocycles. The van der Waals surface area contributed by atoms with Gasteiger partial charge < -0.3 is 14.8 Å². The van der Waals surface area contributed by atoms with Crippen LogP contribution in [0.4, 0.5) is 0 Å². The van der Waals surface area contributed by atoms with Crippen molar-refractivity contribution in [1.29, 1.82) is 0 Å². The molecular formula is C10H24N2O4S. The zero-order valence-corrected chi connectivity index (χ0v) is 11.7. The van der Waals surface area contributed by atoms with Crippen molar-refractivity contribution in [3.05, 3.63) is 0 Å². The summed E-state index contributed by atoms with van der Waals surface area (Å²) in [7, 11) is -3.07. The van der Waals surface area contributed by atoms with E-state index in [4.69, 9.17) is 9.47 Å². The Morgan fingerprint density at radius 2 is 1.71 bits per heavy atom. The average Bonchev–Trinajstić information content (AvgIpc) is 2.22. The molecule has 2 N–H and O–H groups in total. The van der Waals surface area contributed by atoms with Crippen molar-refractivity contribution in [2.75, 3.05) is 39.1 Å². The van der Waals surface area contributed by atoms with Crippen LogP contribution < -0.4 is 10.0 Å². The first kappa shape index (κ1) is 16.8. The third-order valence-corrected chi connectivity index (χ3v) is 2.64. The molecule has 0 fully saturated rings. The van der Waals surface area contributed by atoms with Gasteiger partial charge >= 0.3 is 0 Å². The van der Waals surface area contributed by atoms with E-state index in [1.165, 1.54) is 0 Å². The molecule has 7 heteroatoms. The van der Waals surface area contributed by atoms with Crippen molar-refractivity contribution < 1.29 is 17.9 Å². The van der Waals surface area contributed by atoms with Crippen molar-refractivity contribution >= 4 is 10.0 Å². The van der Waals surface area contributed by atoms with Crippen molar-refractivity contribution in [2.24, 2.45) is 0 Å². The number of sulfonamides is 1. The summed E-state index contributed by atoms with van der Waals surface area (Å²) in [5.74, 6) is 0. The van der Waals surface area contributed by atoms with E-state index in [9.17, 15) is 8.42 Å². The van der Waals surface area contributed by atoms with Gasteiger partial charge in [0.2, 0.25) is 10.0 Å². The Kier molecular flexibility index (Phi) is 9.66. The number of rotatable bonds is 11. The summed E-state index contributed by atoms with van der Waals surface area (Å²) in [6.45, 7) is 6.84. The Bertz CT molecular complexity index is 263. The van der Waals surface area contributed by atoms with Crippen molar-refractivity contribution in [3.8, 4) is 0 Å². The zero-order chi connectivity index (χ0) is 13.1. The fraction of sp³-hybridized carbons (Fsp3) is 1.00. The van der Waals surface area contributed by atoms with E-state index in [2.05, 4.69) is 10.0 Å². The monoisotopic (exact) mass is 268 g/mol. The molecule has 0 radical (unpaired) electrons. The van der Waals surface area contributed by atoms with Gasteiger partial charge in [-0.25, -0.2) is 13.1 Å². The maximum atomic E-state index is 10.8. The van der Waals surface area contributed by atoms with Gasteiger partial charge in [0.05, 0.1) is 6.26 Å². The standard InChI is InChI=1S/C10H24N2O4S/c1-4-15-10(16-5-2)9-11-7-6-8-12-17(3,13)14/h10-12H,4-9H2,1-3H3. The zero-order valence-electron chi connectivity index (χ0n) is 10.9. The highest BCUT2D eigenvalue weighted by molar-refractivity contribution is 7.88. The van der Waals surface area contributed by atoms with Crippen LogP contribution in [0.2, 0.25) is 0 Å². The van der Waals surface area contributed by atoms with Crippen LogP contribution >= 0.6 is 0 Å². The lowest BCUT2D eigenvalue weighted by Crippen LogP contribution is -2.33. The summed E-state index contributed by atoms with van der Waals surface area (Å²) < 4.78 is 34.7. The number of ether oxygens (including phenoxy) is 2. The number of hydrogen-bond acceptors (Lipinski definition) is 5. The second-order valence-corrected chi connectivity index (χ2v) is 5.40. The maximum Gasteiger partial charge on any atom is 0.208 e. The van der Waals surface area contributed by atoms with E-state index >= 15 is 0 Å². The molecule has 0 spiro atoms. The fourth-order valence-electron chi connectivity index (χ4n) is 1.23. The summed E-state index contributed by atoms with van der Waals surface area (Å²) in [4.78, 5) is 0. The topological polar surface area (TPSA) is 76.7 Å². The Labute approximate surface area is 104 Å². The largest absolute Gasteiger partial charge is 0.352 e. The predicted molar refractivity (Wildman–Crippen MR) is 67.4 cm³/mol. The van der Waals surface area contributed by atoms with Gasteiger partial charge in [-0.2, -0.15) is 0 Å². The maximum absolute atomic E-state index is 10.8. The summed E-state index contributed by atoms with van der Waals surface area (Å²) in [5.41, 5.74) is 0. The Morgan fingerprint density at radius 1 is 1.12 bits per heavy atom. The molecule has 0 saturated carbocycles. The molecule has 17 heavy (non-hydrogen) atoms. The van der Waals surface area contributed by atoms with Crippen molar-refractivity contribution in [1.82, 2.24) is 10.0 Å². The van der Waals surface area contributed by atoms with Crippen LogP contribution in [-0.4, -0.2) is 53.8 Å². The SMILES string of the molecule is CCOC(CNCCCNS(C)(=O)=O)OCC. The van der Waals surface area contributed by atoms with Crippen LogP contribution in [0.1, 0.15) is 20.3 Å². The molecule has 0 unspecified atom stereocenters. The third-order valence-electron chi connectivity index (χ3n) is 1.91. The van der Waals surface area contributed by atoms with Crippen LogP contribution in [0, 0.1) is 0 Å². The lowest BCUT2D eigenvalue weighted by molar-refractivity contribution is -0.132. The van der Waals surface area contributed by atoms with Gasteiger partial charge in [0.1, 0.15) is 0 Å². The van der Waals surface area contributed by atoms with Crippen LogP contribution in [-0.2, 0) is 19.5 Å². The van der Waals surface area contributed by atoms with E-state index in [1.807, 2.05) is 13.8 Å². The normalized spacial score (nSPS) is 12.2. The van der Waals surface area contributed by atoms with Gasteiger partial charge in [0.15, 0.2) is 6.29 Å². The molecular weight excluding hydrogens is 244 g/mol. The van der Waals surface area contributed by atoms with Crippen LogP contribution in [0.25, 0.3) is 0 Å². The van der Waals surface area contributed by atoms with Crippen LogP contribution in [0.5, 0.6) is 0 Å². The average molecular weight is 268 g/mol. The third kappa shape index (κ3) is 12.0. The highest BCUT2D eigenvalue weighted by Crippen LogP contribution is 1.93. The molecule has 104 valence electrons. The minimum atomic E-state index is -3.07. The fourth-order valence-corrected chi connectivity index (χ4v) is 1.74. The molecule has 0 aliphatic carbocycles. The van der Waals surface area contributed by atoms with E-state index in [0.717, 1.165) is 19.2 Å². The molecule has 0 bridgehead atoms. The van der Waals surface area contributed by atoms with Gasteiger partial charge in [0.25, 0.3) is 0 Å². The minimum Gasteiger partial charge on any atom is -0.352 e. The van der Waals surface area contributed by atoms with Gasteiger partial charge in [-0.05, 0) is 26.8 Å². The molecule has 0 atom stereocenters. The Balaban J connectivity index is 3.48. The van der Waals surface area contributed by atoms with Crippen molar-refractivity contribution in [2.45, 2.75) is 26.6 Å². The second-order valence-electron chi connectivity index (χ2n) is 3.56. The van der Waals surface area contributed by atoms with Crippen LogP contribution in [0.3, 0.4) is 0 Å². The smallest absolute Gasteiger partial charge is 0.208 e. The molecule has 0 amide bonds. The van der Waals surface area contributed by atoms with Gasteiger partial charge in [-0.3, -0.25) is 0 Å². The summed E-state index contributed by atoms with van der Waals surface area (Å²) >= 11 is 0. The predicted octanol–water partition coefficient (Wildman–Crippen LogP) is -0.0856. The van der Waals surface area contributed by atoms with E-state index in [-0.39, 0.29) is 6.29 Å². The Morgan fingerprint density at radius 3 is 2.18 bits per heavy atom. The first-order valence-electron chi connectivity index (χ1n) is 5.88. The van der Waals surface area contributed by atoms with E-state index < -0.39 is 10.0 Å². The Hall–Kier alpha value is -0.210. The quantitative estimate of drug-likeness (QED) is 0.405. The second kappa shape index (κ2) is 9.78. The first-order chi connectivity index (χ1) is 7.99. The van der Waals surface area contributed by atoms with E-state index in [1.54, 1.807) is 0 Å². The molecule has 6 nitrogen and oxygen atoms in total. The molecule has 0 aliphatic rings. The molecule has 0 aliphatic heterocycles. The van der Waals surface area contributed by atoms with E-state index in [0.29, 0.717) is 26.3 Å². The lowest BCUT2D eigenvalue weighted by atomic mass is 10.4. The number of hydrogen-bond donors (Lipinski definition) is 2. The summed E-state index contributed by atoms with van der Waals surface area (Å²) in [5, 5.41) is 3.16. The summed E-state index contributed by atoms with van der Waals surface area (Å²) in [6.07, 6.45) is 1.66. The first-order valence-corrected chi connectivity index (χ1v) is 7.77. The minimum absolute atomic E-state index is 0.229. The molecule has 0 heterocycles. The highest BCUT2D eigenvalue weighted by atomic mass is 32.2. The van der Waals surface area contributed by atoms with Gasteiger partial charge in [0, 0.05) is 26.3 Å².